The third kappa shape index (κ3) is 2.48. The maximum atomic E-state index is 8.20. The molecule has 2 rings (SSSR count). The molecule has 0 amide bonds. The van der Waals surface area contributed by atoms with E-state index in [1.807, 2.05) is 43.4 Å². The van der Waals surface area contributed by atoms with Crippen LogP contribution in [0.1, 0.15) is 11.1 Å². The molecule has 0 aromatic heterocycles. The third-order valence-electron chi connectivity index (χ3n) is 2.60. The second-order valence-corrected chi connectivity index (χ2v) is 4.11. The molecule has 0 aliphatic rings. The van der Waals surface area contributed by atoms with Gasteiger partial charge in [-0.3, -0.25) is 5.41 Å². The summed E-state index contributed by atoms with van der Waals surface area (Å²) in [7, 11) is 1.86. The van der Waals surface area contributed by atoms with Crippen molar-refractivity contribution in [2.45, 2.75) is 0 Å². The Kier molecular flexibility index (Phi) is 3.45. The fourth-order valence-corrected chi connectivity index (χ4v) is 1.82. The Balaban J connectivity index is 2.40. The van der Waals surface area contributed by atoms with E-state index in [1.165, 1.54) is 0 Å². The van der Waals surface area contributed by atoms with Crippen LogP contribution in [0.15, 0.2) is 48.5 Å². The number of hydrogen-bond donors (Lipinski definition) is 2. The molecule has 0 spiro atoms. The zero-order valence-electron chi connectivity index (χ0n) is 9.50. The summed E-state index contributed by atoms with van der Waals surface area (Å²) >= 11 is 5.84. The minimum Gasteiger partial charge on any atom is -0.388 e. The lowest BCUT2D eigenvalue weighted by Gasteiger charge is -2.10. The van der Waals surface area contributed by atoms with E-state index in [9.17, 15) is 0 Å². The molecule has 0 aliphatic carbocycles. The Hall–Kier alpha value is -1.80. The van der Waals surface area contributed by atoms with Crippen molar-refractivity contribution < 1.29 is 0 Å². The molecule has 0 fully saturated rings. The summed E-state index contributed by atoms with van der Waals surface area (Å²) in [5.41, 5.74) is 3.19. The minimum atomic E-state index is 0.492. The predicted molar refractivity (Wildman–Crippen MR) is 73.4 cm³/mol. The quantitative estimate of drug-likeness (QED) is 0.792. The SMILES string of the molecule is CNc1ccccc1C(=N)c1ccc(Cl)cc1. The summed E-state index contributed by atoms with van der Waals surface area (Å²) in [6, 6.07) is 15.1. The van der Waals surface area contributed by atoms with Crippen molar-refractivity contribution in [2.24, 2.45) is 0 Å². The van der Waals surface area contributed by atoms with Gasteiger partial charge >= 0.3 is 0 Å². The lowest BCUT2D eigenvalue weighted by Crippen LogP contribution is -2.05. The van der Waals surface area contributed by atoms with Gasteiger partial charge in [0.05, 0.1) is 5.71 Å². The Morgan fingerprint density at radius 2 is 1.71 bits per heavy atom. The fraction of sp³-hybridized carbons (Fsp3) is 0.0714. The van der Waals surface area contributed by atoms with Crippen LogP contribution in [0.2, 0.25) is 5.02 Å². The van der Waals surface area contributed by atoms with Crippen LogP contribution in [0, 0.1) is 5.41 Å². The standard InChI is InChI=1S/C14H13ClN2/c1-17-13-5-3-2-4-12(13)14(16)10-6-8-11(15)9-7-10/h2-9,16-17H,1H3. The molecule has 86 valence electrons. The van der Waals surface area contributed by atoms with Gasteiger partial charge in [0.15, 0.2) is 0 Å². The molecule has 0 atom stereocenters. The second-order valence-electron chi connectivity index (χ2n) is 3.68. The van der Waals surface area contributed by atoms with Gasteiger partial charge in [0.25, 0.3) is 0 Å². The molecule has 0 bridgehead atoms. The Bertz CT molecular complexity index is 532. The molecular formula is C14H13ClN2. The molecule has 2 N–H and O–H groups in total. The van der Waals surface area contributed by atoms with Gasteiger partial charge in [0.1, 0.15) is 0 Å². The highest BCUT2D eigenvalue weighted by Crippen LogP contribution is 2.19. The van der Waals surface area contributed by atoms with Crippen molar-refractivity contribution in [1.82, 2.24) is 0 Å². The van der Waals surface area contributed by atoms with Crippen LogP contribution in [0.3, 0.4) is 0 Å². The van der Waals surface area contributed by atoms with E-state index in [4.69, 9.17) is 17.0 Å². The normalized spacial score (nSPS) is 10.0. The van der Waals surface area contributed by atoms with Gasteiger partial charge in [-0.25, -0.2) is 0 Å². The van der Waals surface area contributed by atoms with Gasteiger partial charge in [-0.2, -0.15) is 0 Å². The summed E-state index contributed by atoms with van der Waals surface area (Å²) in [4.78, 5) is 0. The van der Waals surface area contributed by atoms with Crippen molar-refractivity contribution in [3.05, 3.63) is 64.7 Å². The third-order valence-corrected chi connectivity index (χ3v) is 2.85. The molecule has 0 radical (unpaired) electrons. The van der Waals surface area contributed by atoms with Gasteiger partial charge < -0.3 is 5.32 Å². The topological polar surface area (TPSA) is 35.9 Å². The maximum absolute atomic E-state index is 8.20. The van der Waals surface area contributed by atoms with E-state index in [-0.39, 0.29) is 0 Å². The molecule has 3 heteroatoms. The largest absolute Gasteiger partial charge is 0.388 e. The monoisotopic (exact) mass is 244 g/mol. The van der Waals surface area contributed by atoms with Crippen LogP contribution in [0.25, 0.3) is 0 Å². The van der Waals surface area contributed by atoms with E-state index >= 15 is 0 Å². The van der Waals surface area contributed by atoms with Crippen LogP contribution >= 0.6 is 11.6 Å². The molecule has 2 aromatic carbocycles. The summed E-state index contributed by atoms with van der Waals surface area (Å²) in [5.74, 6) is 0. The highest BCUT2D eigenvalue weighted by molar-refractivity contribution is 6.30. The molecule has 0 unspecified atom stereocenters. The molecule has 0 heterocycles. The first-order valence-electron chi connectivity index (χ1n) is 5.34. The maximum Gasteiger partial charge on any atom is 0.0705 e. The number of halogens is 1. The lowest BCUT2D eigenvalue weighted by atomic mass is 10.0. The minimum absolute atomic E-state index is 0.492. The van der Waals surface area contributed by atoms with Gasteiger partial charge in [-0.1, -0.05) is 41.9 Å². The van der Waals surface area contributed by atoms with E-state index < -0.39 is 0 Å². The van der Waals surface area contributed by atoms with Crippen LogP contribution < -0.4 is 5.32 Å². The number of benzene rings is 2. The van der Waals surface area contributed by atoms with Crippen LogP contribution in [-0.4, -0.2) is 12.8 Å². The van der Waals surface area contributed by atoms with Gasteiger partial charge in [-0.05, 0) is 18.2 Å². The zero-order chi connectivity index (χ0) is 12.3. The number of rotatable bonds is 3. The highest BCUT2D eigenvalue weighted by atomic mass is 35.5. The van der Waals surface area contributed by atoms with Crippen molar-refractivity contribution in [3.8, 4) is 0 Å². The Morgan fingerprint density at radius 3 is 2.35 bits per heavy atom. The molecule has 17 heavy (non-hydrogen) atoms. The Labute approximate surface area is 106 Å². The first-order chi connectivity index (χ1) is 8.22. The number of nitrogens with one attached hydrogen (secondary N) is 2. The molecule has 0 aliphatic heterocycles. The van der Waals surface area contributed by atoms with Crippen molar-refractivity contribution in [2.75, 3.05) is 12.4 Å². The molecule has 0 saturated heterocycles. The van der Waals surface area contributed by atoms with E-state index in [1.54, 1.807) is 12.1 Å². The second kappa shape index (κ2) is 5.02. The van der Waals surface area contributed by atoms with Gasteiger partial charge in [0, 0.05) is 28.9 Å². The molecule has 0 saturated carbocycles. The average Bonchev–Trinajstić information content (AvgIpc) is 2.39. The average molecular weight is 245 g/mol. The first-order valence-corrected chi connectivity index (χ1v) is 5.72. The predicted octanol–water partition coefficient (Wildman–Crippen LogP) is 3.80. The fourth-order valence-electron chi connectivity index (χ4n) is 1.69. The molecular weight excluding hydrogens is 232 g/mol. The lowest BCUT2D eigenvalue weighted by molar-refractivity contribution is 1.43. The smallest absolute Gasteiger partial charge is 0.0705 e. The summed E-state index contributed by atoms with van der Waals surface area (Å²) < 4.78 is 0. The summed E-state index contributed by atoms with van der Waals surface area (Å²) in [5, 5.41) is 12.0. The highest BCUT2D eigenvalue weighted by Gasteiger charge is 2.08. The summed E-state index contributed by atoms with van der Waals surface area (Å²) in [6.07, 6.45) is 0. The van der Waals surface area contributed by atoms with Crippen molar-refractivity contribution in [1.29, 1.82) is 5.41 Å². The molecule has 2 aromatic rings. The van der Waals surface area contributed by atoms with E-state index in [0.29, 0.717) is 10.7 Å². The Morgan fingerprint density at radius 1 is 1.06 bits per heavy atom. The van der Waals surface area contributed by atoms with Crippen LogP contribution in [-0.2, 0) is 0 Å². The number of hydrogen-bond acceptors (Lipinski definition) is 2. The molecule has 2 nitrogen and oxygen atoms in total. The number of para-hydroxylation sites is 1. The first kappa shape index (κ1) is 11.7. The van der Waals surface area contributed by atoms with E-state index in [2.05, 4.69) is 5.32 Å². The summed E-state index contributed by atoms with van der Waals surface area (Å²) in [6.45, 7) is 0. The van der Waals surface area contributed by atoms with Crippen molar-refractivity contribution >= 4 is 23.0 Å². The van der Waals surface area contributed by atoms with E-state index in [0.717, 1.165) is 16.8 Å². The van der Waals surface area contributed by atoms with Crippen molar-refractivity contribution in [3.63, 3.8) is 0 Å². The number of anilines is 1. The van der Waals surface area contributed by atoms with Gasteiger partial charge in [0.2, 0.25) is 0 Å². The van der Waals surface area contributed by atoms with Gasteiger partial charge in [-0.15, -0.1) is 0 Å². The zero-order valence-corrected chi connectivity index (χ0v) is 10.3. The van der Waals surface area contributed by atoms with Crippen LogP contribution in [0.4, 0.5) is 5.69 Å². The van der Waals surface area contributed by atoms with Crippen LogP contribution in [0.5, 0.6) is 0 Å².